The molecular formula is C21H13BrN2O4S. The zero-order chi connectivity index (χ0) is 20.4. The lowest BCUT2D eigenvalue weighted by atomic mass is 10.1. The third-order valence-electron chi connectivity index (χ3n) is 4.04. The summed E-state index contributed by atoms with van der Waals surface area (Å²) >= 11 is 4.73. The van der Waals surface area contributed by atoms with Gasteiger partial charge in [-0.1, -0.05) is 45.9 Å². The van der Waals surface area contributed by atoms with E-state index in [2.05, 4.69) is 21.2 Å². The number of amides is 4. The fourth-order valence-corrected chi connectivity index (χ4v) is 3.76. The lowest BCUT2D eigenvalue weighted by molar-refractivity contribution is -0.122. The van der Waals surface area contributed by atoms with Crippen LogP contribution in [-0.2, 0) is 9.59 Å². The number of rotatable bonds is 4. The van der Waals surface area contributed by atoms with Crippen LogP contribution < -0.4 is 10.2 Å². The van der Waals surface area contributed by atoms with Crippen LogP contribution in [-0.4, -0.2) is 17.8 Å². The van der Waals surface area contributed by atoms with Gasteiger partial charge in [0.25, 0.3) is 11.8 Å². The fraction of sp³-hybridized carbons (Fsp3) is 0. The molecule has 144 valence electrons. The lowest BCUT2D eigenvalue weighted by Gasteiger charge is -2.26. The van der Waals surface area contributed by atoms with Gasteiger partial charge < -0.3 is 4.42 Å². The van der Waals surface area contributed by atoms with E-state index < -0.39 is 17.8 Å². The summed E-state index contributed by atoms with van der Waals surface area (Å²) in [5.41, 5.74) is 0.173. The van der Waals surface area contributed by atoms with E-state index in [1.807, 2.05) is 30.3 Å². The van der Waals surface area contributed by atoms with Crippen molar-refractivity contribution >= 4 is 57.3 Å². The number of halogens is 1. The number of carbonyl (C=O) groups is 3. The van der Waals surface area contributed by atoms with Crippen LogP contribution >= 0.6 is 27.7 Å². The van der Waals surface area contributed by atoms with Crippen LogP contribution in [0, 0.1) is 0 Å². The molecule has 8 heteroatoms. The Hall–Kier alpha value is -3.10. The van der Waals surface area contributed by atoms with Crippen LogP contribution in [0.25, 0.3) is 6.08 Å². The number of hydrogen-bond donors (Lipinski definition) is 1. The van der Waals surface area contributed by atoms with E-state index >= 15 is 0 Å². The lowest BCUT2D eigenvalue weighted by Crippen LogP contribution is -2.54. The second-order valence-corrected chi connectivity index (χ2v) is 8.00. The molecule has 6 nitrogen and oxygen atoms in total. The van der Waals surface area contributed by atoms with Crippen molar-refractivity contribution < 1.29 is 18.8 Å². The average Bonchev–Trinajstić information content (AvgIpc) is 3.14. The Morgan fingerprint density at radius 1 is 0.931 bits per heavy atom. The van der Waals surface area contributed by atoms with Gasteiger partial charge in [0.05, 0.1) is 5.69 Å². The Morgan fingerprint density at radius 2 is 1.66 bits per heavy atom. The van der Waals surface area contributed by atoms with Gasteiger partial charge in [-0.2, -0.15) is 0 Å². The molecule has 0 aliphatic carbocycles. The zero-order valence-electron chi connectivity index (χ0n) is 14.8. The van der Waals surface area contributed by atoms with E-state index in [4.69, 9.17) is 4.42 Å². The number of furan rings is 1. The summed E-state index contributed by atoms with van der Waals surface area (Å²) in [6.07, 6.45) is 1.34. The van der Waals surface area contributed by atoms with Crippen molar-refractivity contribution in [2.45, 2.75) is 9.99 Å². The average molecular weight is 469 g/mol. The number of nitrogens with zero attached hydrogens (tertiary/aromatic N) is 1. The molecule has 2 heterocycles. The van der Waals surface area contributed by atoms with Gasteiger partial charge in [-0.3, -0.25) is 14.9 Å². The number of imide groups is 2. The number of benzene rings is 2. The number of nitrogens with one attached hydrogen (secondary N) is 1. The van der Waals surface area contributed by atoms with Gasteiger partial charge in [0.1, 0.15) is 11.3 Å². The SMILES string of the molecule is O=C1NC(=O)N(c2ccc(Br)cc2)C(=O)/C1=C/c1ccc(Sc2ccccc2)o1. The molecule has 0 unspecified atom stereocenters. The van der Waals surface area contributed by atoms with Gasteiger partial charge in [0.2, 0.25) is 0 Å². The number of barbiturate groups is 1. The fourth-order valence-electron chi connectivity index (χ4n) is 2.70. The van der Waals surface area contributed by atoms with Crippen LogP contribution in [0.1, 0.15) is 5.76 Å². The largest absolute Gasteiger partial charge is 0.450 e. The molecule has 0 bridgehead atoms. The molecular weight excluding hydrogens is 456 g/mol. The van der Waals surface area contributed by atoms with Crippen LogP contribution in [0.2, 0.25) is 0 Å². The second kappa shape index (κ2) is 8.10. The van der Waals surface area contributed by atoms with Crippen LogP contribution in [0.4, 0.5) is 10.5 Å². The van der Waals surface area contributed by atoms with Gasteiger partial charge in [0, 0.05) is 9.37 Å². The normalized spacial score (nSPS) is 15.7. The van der Waals surface area contributed by atoms with E-state index in [0.29, 0.717) is 16.5 Å². The molecule has 2 aromatic carbocycles. The highest BCUT2D eigenvalue weighted by atomic mass is 79.9. The smallest absolute Gasteiger partial charge is 0.335 e. The molecule has 4 rings (SSSR count). The molecule has 1 N–H and O–H groups in total. The first kappa shape index (κ1) is 19.2. The zero-order valence-corrected chi connectivity index (χ0v) is 17.2. The van der Waals surface area contributed by atoms with Crippen molar-refractivity contribution in [2.75, 3.05) is 4.90 Å². The van der Waals surface area contributed by atoms with E-state index in [1.54, 1.807) is 36.4 Å². The Kier molecular flexibility index (Phi) is 5.37. The Morgan fingerprint density at radius 3 is 2.38 bits per heavy atom. The molecule has 29 heavy (non-hydrogen) atoms. The molecule has 0 spiro atoms. The first-order valence-corrected chi connectivity index (χ1v) is 10.1. The summed E-state index contributed by atoms with van der Waals surface area (Å²) in [4.78, 5) is 39.2. The Labute approximate surface area is 178 Å². The minimum absolute atomic E-state index is 0.182. The Balaban J connectivity index is 1.60. The van der Waals surface area contributed by atoms with Crippen LogP contribution in [0.15, 0.2) is 91.2 Å². The Bertz CT molecular complexity index is 1120. The van der Waals surface area contributed by atoms with E-state index in [9.17, 15) is 14.4 Å². The van der Waals surface area contributed by atoms with Gasteiger partial charge in [0.15, 0.2) is 5.09 Å². The summed E-state index contributed by atoms with van der Waals surface area (Å²) in [5, 5.41) is 2.81. The van der Waals surface area contributed by atoms with Crippen molar-refractivity contribution in [3.05, 3.63) is 82.5 Å². The third kappa shape index (κ3) is 4.18. The summed E-state index contributed by atoms with van der Waals surface area (Å²) in [6.45, 7) is 0. The summed E-state index contributed by atoms with van der Waals surface area (Å²) < 4.78 is 6.52. The third-order valence-corrected chi connectivity index (χ3v) is 5.49. The highest BCUT2D eigenvalue weighted by Gasteiger charge is 2.37. The second-order valence-electron chi connectivity index (χ2n) is 6.01. The van der Waals surface area contributed by atoms with Gasteiger partial charge in [-0.25, -0.2) is 9.69 Å². The topological polar surface area (TPSA) is 79.6 Å². The minimum atomic E-state index is -0.792. The maximum Gasteiger partial charge on any atom is 0.335 e. The molecule has 4 amide bonds. The van der Waals surface area contributed by atoms with Crippen LogP contribution in [0.3, 0.4) is 0 Å². The molecule has 1 aromatic heterocycles. The van der Waals surface area contributed by atoms with Crippen LogP contribution in [0.5, 0.6) is 0 Å². The monoisotopic (exact) mass is 468 g/mol. The maximum atomic E-state index is 12.9. The molecule has 0 saturated carbocycles. The van der Waals surface area contributed by atoms with Crippen molar-refractivity contribution in [1.29, 1.82) is 0 Å². The summed E-state index contributed by atoms with van der Waals surface area (Å²) in [6, 6.07) is 18.9. The first-order valence-electron chi connectivity index (χ1n) is 8.51. The van der Waals surface area contributed by atoms with E-state index in [1.165, 1.54) is 17.8 Å². The standard InChI is InChI=1S/C21H13BrN2O4S/c22-13-6-8-14(9-7-13)24-20(26)17(19(25)23-21(24)27)12-15-10-11-18(28-15)29-16-4-2-1-3-5-16/h1-12H,(H,23,25,27)/b17-12+. The highest BCUT2D eigenvalue weighted by Crippen LogP contribution is 2.30. The molecule has 1 fully saturated rings. The first-order chi connectivity index (χ1) is 14.0. The molecule has 0 atom stereocenters. The minimum Gasteiger partial charge on any atom is -0.450 e. The maximum absolute atomic E-state index is 12.9. The molecule has 1 aliphatic heterocycles. The number of anilines is 1. The number of hydrogen-bond acceptors (Lipinski definition) is 5. The highest BCUT2D eigenvalue weighted by molar-refractivity contribution is 9.10. The molecule has 1 saturated heterocycles. The number of urea groups is 1. The van der Waals surface area contributed by atoms with E-state index in [0.717, 1.165) is 14.3 Å². The number of carbonyl (C=O) groups excluding carboxylic acids is 3. The van der Waals surface area contributed by atoms with E-state index in [-0.39, 0.29) is 5.57 Å². The van der Waals surface area contributed by atoms with Crippen molar-refractivity contribution in [3.63, 3.8) is 0 Å². The molecule has 1 aliphatic rings. The van der Waals surface area contributed by atoms with Gasteiger partial charge in [-0.05, 0) is 54.6 Å². The quantitative estimate of drug-likeness (QED) is 0.436. The van der Waals surface area contributed by atoms with Crippen molar-refractivity contribution in [1.82, 2.24) is 5.32 Å². The predicted molar refractivity (Wildman–Crippen MR) is 112 cm³/mol. The summed E-state index contributed by atoms with van der Waals surface area (Å²) in [7, 11) is 0. The van der Waals surface area contributed by atoms with Gasteiger partial charge in [-0.15, -0.1) is 0 Å². The summed E-state index contributed by atoms with van der Waals surface area (Å²) in [5.74, 6) is -1.14. The van der Waals surface area contributed by atoms with Crippen molar-refractivity contribution in [2.24, 2.45) is 0 Å². The molecule has 0 radical (unpaired) electrons. The molecule has 3 aromatic rings. The predicted octanol–water partition coefficient (Wildman–Crippen LogP) is 4.86. The van der Waals surface area contributed by atoms with Gasteiger partial charge >= 0.3 is 6.03 Å². The van der Waals surface area contributed by atoms with Crippen molar-refractivity contribution in [3.8, 4) is 0 Å².